The minimum absolute atomic E-state index is 0.139. The molecule has 1 heteroatoms. The molecule has 1 aliphatic carbocycles. The van der Waals surface area contributed by atoms with Crippen molar-refractivity contribution in [2.45, 2.75) is 63.2 Å². The lowest BCUT2D eigenvalue weighted by Gasteiger charge is -2.35. The topological polar surface area (TPSA) is 13.1 Å². The van der Waals surface area contributed by atoms with E-state index in [1.807, 2.05) is 0 Å². The molecule has 1 aliphatic rings. The summed E-state index contributed by atoms with van der Waals surface area (Å²) in [7, 11) is 0. The van der Waals surface area contributed by atoms with Gasteiger partial charge in [0.2, 0.25) is 0 Å². The Labute approximate surface area is 441 Å². The van der Waals surface area contributed by atoms with E-state index in [0.717, 1.165) is 30.4 Å². The van der Waals surface area contributed by atoms with Crippen LogP contribution in [0, 0.1) is 13.8 Å². The van der Waals surface area contributed by atoms with Gasteiger partial charge in [0.05, 0.1) is 5.41 Å². The molecule has 362 valence electrons. The van der Waals surface area contributed by atoms with E-state index in [9.17, 15) is 0 Å². The van der Waals surface area contributed by atoms with Gasteiger partial charge in [-0.15, -0.1) is 0 Å². The van der Waals surface area contributed by atoms with Gasteiger partial charge in [-0.1, -0.05) is 261 Å². The maximum Gasteiger partial charge on any atom is 0.135 e. The van der Waals surface area contributed by atoms with E-state index in [-0.39, 0.29) is 17.8 Å². The van der Waals surface area contributed by atoms with Crippen LogP contribution in [-0.4, -0.2) is 0 Å². The molecule has 1 aromatic heterocycles. The molecule has 0 radical (unpaired) electrons. The highest BCUT2D eigenvalue weighted by atomic mass is 16.3. The Morgan fingerprint density at radius 3 is 1.77 bits per heavy atom. The van der Waals surface area contributed by atoms with Crippen LogP contribution in [0.5, 0.6) is 0 Å². The quantitative estimate of drug-likeness (QED) is 0.112. The zero-order chi connectivity index (χ0) is 50.5. The van der Waals surface area contributed by atoms with Gasteiger partial charge in [-0.2, -0.15) is 0 Å². The Kier molecular flexibility index (Phi) is 12.0. The largest absolute Gasteiger partial charge is 0.456 e. The molecule has 3 atom stereocenters. The lowest BCUT2D eigenvalue weighted by atomic mass is 9.66. The molecule has 0 saturated carbocycles. The number of furan rings is 1. The average molecular weight is 965 g/mol. The summed E-state index contributed by atoms with van der Waals surface area (Å²) in [5.41, 5.74) is 22.4. The summed E-state index contributed by atoms with van der Waals surface area (Å²) < 4.78 is 6.51. The van der Waals surface area contributed by atoms with E-state index in [4.69, 9.17) is 4.42 Å². The van der Waals surface area contributed by atoms with Crippen molar-refractivity contribution in [1.82, 2.24) is 0 Å². The molecule has 0 aliphatic heterocycles. The minimum Gasteiger partial charge on any atom is -0.456 e. The third-order valence-electron chi connectivity index (χ3n) is 16.8. The average Bonchev–Trinajstić information content (AvgIpc) is 4.23. The second-order valence-electron chi connectivity index (χ2n) is 21.2. The molecule has 1 heterocycles. The Hall–Kier alpha value is -8.52. The fraction of sp³-hybridized carbons (Fsp3) is 0.135. The van der Waals surface area contributed by atoms with Crippen molar-refractivity contribution in [2.75, 3.05) is 0 Å². The SMILES string of the molecule is Cc1ccc(C(CCc2cc3c(c4ccccc24)-c2ccc(C(C)C(Cc4ccc(-c5ccccc5)cc4)c4cccc(C)c4)cc2C3(c2ccccc2)c2ccccc2)c2cccc3oc4ccccc4c23)cc1. The van der Waals surface area contributed by atoms with Gasteiger partial charge in [-0.3, -0.25) is 0 Å². The van der Waals surface area contributed by atoms with Gasteiger partial charge in [0.1, 0.15) is 11.2 Å². The summed E-state index contributed by atoms with van der Waals surface area (Å²) in [5.74, 6) is 0.596. The summed E-state index contributed by atoms with van der Waals surface area (Å²) in [4.78, 5) is 0. The van der Waals surface area contributed by atoms with Gasteiger partial charge in [-0.25, -0.2) is 0 Å². The van der Waals surface area contributed by atoms with E-state index in [1.165, 1.54) is 111 Å². The van der Waals surface area contributed by atoms with Crippen molar-refractivity contribution in [3.05, 3.63) is 322 Å². The Morgan fingerprint density at radius 2 is 1.05 bits per heavy atom. The van der Waals surface area contributed by atoms with Gasteiger partial charge in [0.25, 0.3) is 0 Å². The minimum atomic E-state index is -0.578. The molecule has 0 saturated heterocycles. The zero-order valence-electron chi connectivity index (χ0n) is 43.0. The number of para-hydroxylation sites is 1. The van der Waals surface area contributed by atoms with Crippen molar-refractivity contribution < 1.29 is 4.42 Å². The first kappa shape index (κ1) is 46.3. The van der Waals surface area contributed by atoms with E-state index < -0.39 is 5.41 Å². The summed E-state index contributed by atoms with van der Waals surface area (Å²) in [6.07, 6.45) is 2.75. The van der Waals surface area contributed by atoms with Crippen molar-refractivity contribution in [3.8, 4) is 22.3 Å². The molecule has 11 aromatic carbocycles. The summed E-state index contributed by atoms with van der Waals surface area (Å²) in [6.45, 7) is 6.87. The van der Waals surface area contributed by atoms with Gasteiger partial charge in [0, 0.05) is 16.7 Å². The highest BCUT2D eigenvalue weighted by molar-refractivity contribution is 6.07. The summed E-state index contributed by atoms with van der Waals surface area (Å²) in [6, 6.07) is 95.8. The predicted molar refractivity (Wildman–Crippen MR) is 314 cm³/mol. The molecule has 0 bridgehead atoms. The van der Waals surface area contributed by atoms with Crippen LogP contribution in [0.2, 0.25) is 0 Å². The molecule has 0 amide bonds. The highest BCUT2D eigenvalue weighted by Gasteiger charge is 2.47. The Bertz CT molecular complexity index is 3960. The Morgan fingerprint density at radius 1 is 0.440 bits per heavy atom. The van der Waals surface area contributed by atoms with Gasteiger partial charge in [0.15, 0.2) is 0 Å². The number of aryl methyl sites for hydroxylation is 3. The van der Waals surface area contributed by atoms with Crippen LogP contribution in [0.4, 0.5) is 0 Å². The lowest BCUT2D eigenvalue weighted by Crippen LogP contribution is -2.29. The second-order valence-corrected chi connectivity index (χ2v) is 21.2. The molecular weight excluding hydrogens is 905 g/mol. The number of rotatable bonds is 13. The first-order valence-electron chi connectivity index (χ1n) is 26.9. The lowest BCUT2D eigenvalue weighted by molar-refractivity contribution is 0.571. The van der Waals surface area contributed by atoms with Gasteiger partial charge >= 0.3 is 0 Å². The molecule has 0 spiro atoms. The maximum absolute atomic E-state index is 6.51. The second kappa shape index (κ2) is 19.4. The molecule has 0 fully saturated rings. The maximum atomic E-state index is 6.51. The fourth-order valence-electron chi connectivity index (χ4n) is 13.1. The van der Waals surface area contributed by atoms with E-state index in [2.05, 4.69) is 276 Å². The summed E-state index contributed by atoms with van der Waals surface area (Å²) >= 11 is 0. The third-order valence-corrected chi connectivity index (χ3v) is 16.8. The molecule has 75 heavy (non-hydrogen) atoms. The van der Waals surface area contributed by atoms with E-state index >= 15 is 0 Å². The van der Waals surface area contributed by atoms with Crippen LogP contribution in [0.25, 0.3) is 55.0 Å². The number of benzene rings is 11. The van der Waals surface area contributed by atoms with Crippen molar-refractivity contribution in [1.29, 1.82) is 0 Å². The molecule has 12 aromatic rings. The highest BCUT2D eigenvalue weighted by Crippen LogP contribution is 2.59. The van der Waals surface area contributed by atoms with Crippen molar-refractivity contribution in [3.63, 3.8) is 0 Å². The van der Waals surface area contributed by atoms with Crippen molar-refractivity contribution >= 4 is 32.7 Å². The van der Waals surface area contributed by atoms with Crippen LogP contribution in [-0.2, 0) is 18.3 Å². The van der Waals surface area contributed by atoms with Crippen LogP contribution in [0.1, 0.15) is 97.9 Å². The van der Waals surface area contributed by atoms with Gasteiger partial charge in [-0.05, 0) is 146 Å². The number of fused-ring (bicyclic) bond motifs is 8. The molecular formula is C74H60O. The fourth-order valence-corrected chi connectivity index (χ4v) is 13.1. The molecule has 3 unspecified atom stereocenters. The molecule has 13 rings (SSSR count). The van der Waals surface area contributed by atoms with Crippen molar-refractivity contribution in [2.24, 2.45) is 0 Å². The third kappa shape index (κ3) is 8.19. The predicted octanol–water partition coefficient (Wildman–Crippen LogP) is 19.3. The smallest absolute Gasteiger partial charge is 0.135 e. The number of hydrogen-bond acceptors (Lipinski definition) is 1. The van der Waals surface area contributed by atoms with Crippen LogP contribution >= 0.6 is 0 Å². The van der Waals surface area contributed by atoms with E-state index in [0.29, 0.717) is 0 Å². The summed E-state index contributed by atoms with van der Waals surface area (Å²) in [5, 5.41) is 5.03. The first-order chi connectivity index (χ1) is 36.9. The molecule has 1 nitrogen and oxygen atoms in total. The standard InChI is InChI=1S/C74H60O/c1-49-33-37-55(38-34-49)62(64-30-18-32-71-73(64)66-29-15-16-31-70(66)75-71)43-42-58-48-69-72(63-28-14-13-27-61(58)63)65-44-41-56(47-68(65)74(69,59-23-9-5-10-24-59)60-25-11-6-12-26-60)51(3)67(57-22-17-19-50(2)45-57)46-52-35-39-54(40-36-52)53-20-7-4-8-21-53/h4-41,44-45,47-48,51,62,67H,42-43,46H2,1-3H3. The van der Waals surface area contributed by atoms with E-state index in [1.54, 1.807) is 0 Å². The van der Waals surface area contributed by atoms with Crippen LogP contribution < -0.4 is 0 Å². The number of hydrogen-bond donors (Lipinski definition) is 0. The Balaban J connectivity index is 0.968. The zero-order valence-corrected chi connectivity index (χ0v) is 43.0. The monoisotopic (exact) mass is 964 g/mol. The molecule has 0 N–H and O–H groups in total. The van der Waals surface area contributed by atoms with Crippen LogP contribution in [0.3, 0.4) is 0 Å². The van der Waals surface area contributed by atoms with Crippen LogP contribution in [0.15, 0.2) is 259 Å². The first-order valence-corrected chi connectivity index (χ1v) is 26.9. The normalized spacial score (nSPS) is 13.9. The van der Waals surface area contributed by atoms with Gasteiger partial charge < -0.3 is 4.42 Å².